The Morgan fingerprint density at radius 2 is 2.16 bits per heavy atom. The average molecular weight is 264 g/mol. The minimum atomic E-state index is -0.602. The first-order chi connectivity index (χ1) is 9.22. The normalized spacial score (nSPS) is 16.0. The fourth-order valence-electron chi connectivity index (χ4n) is 2.10. The van der Waals surface area contributed by atoms with Crippen LogP contribution in [-0.4, -0.2) is 33.1 Å². The molecule has 19 heavy (non-hydrogen) atoms. The minimum absolute atomic E-state index is 0.238. The number of furan rings is 1. The Kier molecular flexibility index (Phi) is 3.00. The molecule has 0 bridgehead atoms. The van der Waals surface area contributed by atoms with Crippen molar-refractivity contribution in [3.05, 3.63) is 28.1 Å². The number of hydrogen-bond donors (Lipinski definition) is 0. The Balaban J connectivity index is 1.74. The van der Waals surface area contributed by atoms with Crippen molar-refractivity contribution < 1.29 is 13.9 Å². The maximum atomic E-state index is 10.5. The van der Waals surface area contributed by atoms with Gasteiger partial charge in [-0.3, -0.25) is 15.0 Å². The molecule has 0 radical (unpaired) electrons. The summed E-state index contributed by atoms with van der Waals surface area (Å²) >= 11 is 0. The van der Waals surface area contributed by atoms with Gasteiger partial charge >= 0.3 is 5.88 Å². The zero-order valence-corrected chi connectivity index (χ0v) is 10.1. The largest absolute Gasteiger partial charge is 0.433 e. The molecule has 2 aromatic heterocycles. The Bertz CT molecular complexity index is 585. The van der Waals surface area contributed by atoms with E-state index in [0.29, 0.717) is 12.4 Å². The van der Waals surface area contributed by atoms with Gasteiger partial charge < -0.3 is 8.94 Å². The Hall–Kier alpha value is -2.22. The van der Waals surface area contributed by atoms with E-state index in [1.807, 2.05) is 0 Å². The van der Waals surface area contributed by atoms with Crippen molar-refractivity contribution in [3.63, 3.8) is 0 Å². The highest BCUT2D eigenvalue weighted by molar-refractivity contribution is 5.47. The number of likely N-dealkylation sites (tertiary alicyclic amines) is 1. The number of nitro groups is 1. The topological polar surface area (TPSA) is 98.4 Å². The molecule has 1 saturated heterocycles. The quantitative estimate of drug-likeness (QED) is 0.613. The molecule has 0 saturated carbocycles. The summed E-state index contributed by atoms with van der Waals surface area (Å²) in [7, 11) is 0. The molecule has 0 aliphatic carbocycles. The standard InChI is InChI=1S/C11H12N4O4/c16-15(17)10-4-3-8(18-10)11-12-9(19-13-11)7-14-5-1-2-6-14/h3-4H,1-2,5-7H2. The minimum Gasteiger partial charge on any atom is -0.397 e. The molecular weight excluding hydrogens is 252 g/mol. The lowest BCUT2D eigenvalue weighted by Gasteiger charge is -2.09. The molecule has 1 aliphatic rings. The van der Waals surface area contributed by atoms with Crippen molar-refractivity contribution in [3.8, 4) is 11.6 Å². The second-order valence-electron chi connectivity index (χ2n) is 4.39. The molecule has 100 valence electrons. The van der Waals surface area contributed by atoms with Crippen molar-refractivity contribution in [2.75, 3.05) is 13.1 Å². The predicted molar refractivity (Wildman–Crippen MR) is 63.2 cm³/mol. The maximum absolute atomic E-state index is 10.5. The number of hydrogen-bond acceptors (Lipinski definition) is 7. The summed E-state index contributed by atoms with van der Waals surface area (Å²) in [6.07, 6.45) is 2.37. The first-order valence-corrected chi connectivity index (χ1v) is 6.02. The molecule has 0 atom stereocenters. The van der Waals surface area contributed by atoms with Gasteiger partial charge in [0, 0.05) is 0 Å². The lowest BCUT2D eigenvalue weighted by molar-refractivity contribution is -0.401. The molecule has 2 aromatic rings. The van der Waals surface area contributed by atoms with Gasteiger partial charge in [0.2, 0.25) is 11.7 Å². The number of aromatic nitrogens is 2. The molecule has 0 unspecified atom stereocenters. The van der Waals surface area contributed by atoms with Gasteiger partial charge in [0.15, 0.2) is 5.76 Å². The van der Waals surface area contributed by atoms with Crippen LogP contribution in [-0.2, 0) is 6.54 Å². The summed E-state index contributed by atoms with van der Waals surface area (Å²) in [5.74, 6) is 0.641. The van der Waals surface area contributed by atoms with Crippen LogP contribution in [0.15, 0.2) is 21.1 Å². The van der Waals surface area contributed by atoms with Crippen LogP contribution in [0.25, 0.3) is 11.6 Å². The summed E-state index contributed by atoms with van der Waals surface area (Å²) in [4.78, 5) is 16.3. The molecule has 0 amide bonds. The van der Waals surface area contributed by atoms with E-state index in [0.717, 1.165) is 13.1 Å². The number of nitrogens with zero attached hydrogens (tertiary/aromatic N) is 4. The molecule has 3 heterocycles. The fraction of sp³-hybridized carbons (Fsp3) is 0.455. The molecule has 8 nitrogen and oxygen atoms in total. The second kappa shape index (κ2) is 4.81. The van der Waals surface area contributed by atoms with E-state index < -0.39 is 4.92 Å². The van der Waals surface area contributed by atoms with Crippen LogP contribution >= 0.6 is 0 Å². The van der Waals surface area contributed by atoms with Crippen LogP contribution in [0.1, 0.15) is 18.7 Å². The van der Waals surface area contributed by atoms with Crippen LogP contribution in [0.3, 0.4) is 0 Å². The van der Waals surface area contributed by atoms with Crippen LogP contribution in [0.4, 0.5) is 5.88 Å². The van der Waals surface area contributed by atoms with E-state index in [-0.39, 0.29) is 17.5 Å². The van der Waals surface area contributed by atoms with Gasteiger partial charge in [-0.25, -0.2) is 0 Å². The fourth-order valence-corrected chi connectivity index (χ4v) is 2.10. The summed E-state index contributed by atoms with van der Waals surface area (Å²) in [6.45, 7) is 2.67. The van der Waals surface area contributed by atoms with Gasteiger partial charge in [-0.05, 0) is 32.0 Å². The van der Waals surface area contributed by atoms with Crippen LogP contribution in [0.5, 0.6) is 0 Å². The van der Waals surface area contributed by atoms with Crippen molar-refractivity contribution in [2.45, 2.75) is 19.4 Å². The Morgan fingerprint density at radius 1 is 1.37 bits per heavy atom. The molecule has 0 N–H and O–H groups in total. The molecule has 8 heteroatoms. The van der Waals surface area contributed by atoms with Gasteiger partial charge in [-0.15, -0.1) is 0 Å². The zero-order valence-electron chi connectivity index (χ0n) is 10.1. The van der Waals surface area contributed by atoms with Gasteiger partial charge in [-0.2, -0.15) is 4.98 Å². The molecule has 1 aliphatic heterocycles. The molecule has 0 aromatic carbocycles. The highest BCUT2D eigenvalue weighted by atomic mass is 16.6. The highest BCUT2D eigenvalue weighted by Gasteiger charge is 2.19. The van der Waals surface area contributed by atoms with E-state index in [4.69, 9.17) is 8.94 Å². The Labute approximate surface area is 108 Å². The Morgan fingerprint density at radius 3 is 2.84 bits per heavy atom. The lowest BCUT2D eigenvalue weighted by Crippen LogP contribution is -2.18. The number of rotatable bonds is 4. The van der Waals surface area contributed by atoms with Crippen LogP contribution in [0.2, 0.25) is 0 Å². The summed E-state index contributed by atoms with van der Waals surface area (Å²) in [6, 6.07) is 2.73. The van der Waals surface area contributed by atoms with Crippen LogP contribution < -0.4 is 0 Å². The monoisotopic (exact) mass is 264 g/mol. The zero-order chi connectivity index (χ0) is 13.2. The lowest BCUT2D eigenvalue weighted by atomic mass is 10.4. The maximum Gasteiger partial charge on any atom is 0.433 e. The third kappa shape index (κ3) is 2.48. The molecule has 3 rings (SSSR count). The summed E-state index contributed by atoms with van der Waals surface area (Å²) in [5.41, 5.74) is 0. The highest BCUT2D eigenvalue weighted by Crippen LogP contribution is 2.24. The van der Waals surface area contributed by atoms with Crippen molar-refractivity contribution in [2.24, 2.45) is 0 Å². The van der Waals surface area contributed by atoms with Gasteiger partial charge in [0.25, 0.3) is 0 Å². The van der Waals surface area contributed by atoms with E-state index >= 15 is 0 Å². The van der Waals surface area contributed by atoms with E-state index in [9.17, 15) is 10.1 Å². The average Bonchev–Trinajstić information content (AvgIpc) is 3.09. The van der Waals surface area contributed by atoms with Crippen molar-refractivity contribution in [1.29, 1.82) is 0 Å². The second-order valence-corrected chi connectivity index (χ2v) is 4.39. The van der Waals surface area contributed by atoms with Crippen molar-refractivity contribution >= 4 is 5.88 Å². The first-order valence-electron chi connectivity index (χ1n) is 6.02. The van der Waals surface area contributed by atoms with Gasteiger partial charge in [0.1, 0.15) is 4.92 Å². The van der Waals surface area contributed by atoms with E-state index in [2.05, 4.69) is 15.0 Å². The SMILES string of the molecule is O=[N+]([O-])c1ccc(-c2noc(CN3CCCC3)n2)o1. The molecule has 0 spiro atoms. The predicted octanol–water partition coefficient (Wildman–Crippen LogP) is 1.83. The first kappa shape index (κ1) is 11.8. The summed E-state index contributed by atoms with van der Waals surface area (Å²) < 4.78 is 10.1. The van der Waals surface area contributed by atoms with Crippen molar-refractivity contribution in [1.82, 2.24) is 15.0 Å². The van der Waals surface area contributed by atoms with E-state index in [1.54, 1.807) is 0 Å². The smallest absolute Gasteiger partial charge is 0.397 e. The molecular formula is C11H12N4O4. The third-order valence-corrected chi connectivity index (χ3v) is 3.02. The van der Waals surface area contributed by atoms with Gasteiger partial charge in [-0.1, -0.05) is 5.16 Å². The van der Waals surface area contributed by atoms with Gasteiger partial charge in [0.05, 0.1) is 12.6 Å². The summed E-state index contributed by atoms with van der Waals surface area (Å²) in [5, 5.41) is 14.3. The van der Waals surface area contributed by atoms with Crippen LogP contribution in [0, 0.1) is 10.1 Å². The molecule has 1 fully saturated rings. The van der Waals surface area contributed by atoms with E-state index in [1.165, 1.54) is 25.0 Å². The third-order valence-electron chi connectivity index (χ3n) is 3.02.